The minimum absolute atomic E-state index is 0.0309. The van der Waals surface area contributed by atoms with Crippen molar-refractivity contribution in [2.24, 2.45) is 11.3 Å². The van der Waals surface area contributed by atoms with Crippen LogP contribution < -0.4 is 5.32 Å². The highest BCUT2D eigenvalue weighted by atomic mass is 16.3. The summed E-state index contributed by atoms with van der Waals surface area (Å²) in [4.78, 5) is 13.9. The second-order valence-corrected chi connectivity index (χ2v) is 6.90. The zero-order chi connectivity index (χ0) is 16.3. The monoisotopic (exact) mass is 301 g/mol. The van der Waals surface area contributed by atoms with Gasteiger partial charge < -0.3 is 15.3 Å². The van der Waals surface area contributed by atoms with Crippen LogP contribution in [0, 0.1) is 22.7 Å². The van der Waals surface area contributed by atoms with Gasteiger partial charge in [-0.05, 0) is 36.0 Å². The minimum atomic E-state index is -0.509. The van der Waals surface area contributed by atoms with Gasteiger partial charge in [0.25, 0.3) is 0 Å². The molecule has 1 aromatic rings. The molecule has 1 saturated heterocycles. The normalized spacial score (nSPS) is 22.0. The largest absolute Gasteiger partial charge is 0.391 e. The summed E-state index contributed by atoms with van der Waals surface area (Å²) >= 11 is 0. The van der Waals surface area contributed by atoms with E-state index in [2.05, 4.69) is 26.1 Å². The Labute approximate surface area is 131 Å². The van der Waals surface area contributed by atoms with Gasteiger partial charge in [-0.3, -0.25) is 0 Å². The molecule has 1 fully saturated rings. The van der Waals surface area contributed by atoms with Crippen LogP contribution in [0.25, 0.3) is 0 Å². The van der Waals surface area contributed by atoms with E-state index in [1.54, 1.807) is 29.2 Å². The third kappa shape index (κ3) is 3.77. The quantitative estimate of drug-likeness (QED) is 0.837. The van der Waals surface area contributed by atoms with E-state index in [0.717, 1.165) is 6.42 Å². The summed E-state index contributed by atoms with van der Waals surface area (Å²) in [6.07, 6.45) is 0.279. The number of nitriles is 1. The summed E-state index contributed by atoms with van der Waals surface area (Å²) in [6, 6.07) is 8.61. The van der Waals surface area contributed by atoms with E-state index in [4.69, 9.17) is 5.26 Å². The Balaban J connectivity index is 1.99. The fraction of sp³-hybridized carbons (Fsp3) is 0.529. The maximum atomic E-state index is 12.3. The molecule has 5 nitrogen and oxygen atoms in total. The fourth-order valence-corrected chi connectivity index (χ4v) is 3.00. The van der Waals surface area contributed by atoms with Crippen molar-refractivity contribution in [3.05, 3.63) is 29.8 Å². The average Bonchev–Trinajstić information content (AvgIpc) is 2.46. The van der Waals surface area contributed by atoms with E-state index in [0.29, 0.717) is 24.3 Å². The molecule has 2 atom stereocenters. The molecular weight excluding hydrogens is 278 g/mol. The summed E-state index contributed by atoms with van der Waals surface area (Å²) in [7, 11) is 0. The number of hydrogen-bond donors (Lipinski definition) is 2. The molecule has 5 heteroatoms. The van der Waals surface area contributed by atoms with Crippen LogP contribution in [0.5, 0.6) is 0 Å². The van der Waals surface area contributed by atoms with Crippen LogP contribution in [0.2, 0.25) is 0 Å². The molecule has 2 amide bonds. The van der Waals surface area contributed by atoms with E-state index < -0.39 is 6.10 Å². The summed E-state index contributed by atoms with van der Waals surface area (Å²) in [5.74, 6) is 0.193. The molecule has 0 aliphatic carbocycles. The van der Waals surface area contributed by atoms with E-state index in [1.165, 1.54) is 0 Å². The molecular formula is C17H23N3O2. The van der Waals surface area contributed by atoms with Crippen LogP contribution in [0.1, 0.15) is 32.8 Å². The van der Waals surface area contributed by atoms with Crippen LogP contribution in [0.4, 0.5) is 10.5 Å². The number of urea groups is 1. The number of benzene rings is 1. The van der Waals surface area contributed by atoms with Gasteiger partial charge in [0.1, 0.15) is 0 Å². The standard InChI is InChI=1S/C17H23N3O2/c1-17(2,3)14-7-8-20(11-15(14)21)16(22)19-13-6-4-5-12(9-13)10-18/h4-6,9,14-15,21H,7-8,11H2,1-3H3,(H,19,22)/t14-,15-/m1/s1. The molecule has 2 rings (SSSR count). The molecule has 1 aliphatic heterocycles. The maximum absolute atomic E-state index is 12.3. The molecule has 2 N–H and O–H groups in total. The predicted octanol–water partition coefficient (Wildman–Crippen LogP) is 2.82. The van der Waals surface area contributed by atoms with Crippen molar-refractivity contribution in [2.75, 3.05) is 18.4 Å². The van der Waals surface area contributed by atoms with Crippen molar-refractivity contribution in [1.29, 1.82) is 5.26 Å². The average molecular weight is 301 g/mol. The molecule has 0 spiro atoms. The molecule has 1 heterocycles. The predicted molar refractivity (Wildman–Crippen MR) is 85.3 cm³/mol. The van der Waals surface area contributed by atoms with Crippen LogP contribution in [0.3, 0.4) is 0 Å². The number of β-amino-alcohol motifs (C(OH)–C–C–N with tert-alkyl or cyclic N) is 1. The summed E-state index contributed by atoms with van der Waals surface area (Å²) in [5, 5.41) is 22.0. The first kappa shape index (κ1) is 16.3. The molecule has 0 saturated carbocycles. The van der Waals surface area contributed by atoms with E-state index in [-0.39, 0.29) is 17.4 Å². The molecule has 118 valence electrons. The van der Waals surface area contributed by atoms with Gasteiger partial charge in [-0.15, -0.1) is 0 Å². The highest BCUT2D eigenvalue weighted by molar-refractivity contribution is 5.89. The molecule has 0 radical (unpaired) electrons. The zero-order valence-electron chi connectivity index (χ0n) is 13.3. The molecule has 0 aromatic heterocycles. The number of nitrogens with one attached hydrogen (secondary N) is 1. The number of nitrogens with zero attached hydrogens (tertiary/aromatic N) is 2. The number of rotatable bonds is 1. The van der Waals surface area contributed by atoms with Crippen LogP contribution in [-0.4, -0.2) is 35.2 Å². The Morgan fingerprint density at radius 2 is 2.18 bits per heavy atom. The second kappa shape index (κ2) is 6.37. The number of carbonyl (C=O) groups is 1. The Kier molecular flexibility index (Phi) is 4.72. The first-order valence-electron chi connectivity index (χ1n) is 7.55. The lowest BCUT2D eigenvalue weighted by molar-refractivity contribution is -0.0107. The van der Waals surface area contributed by atoms with Crippen molar-refractivity contribution < 1.29 is 9.90 Å². The number of anilines is 1. The smallest absolute Gasteiger partial charge is 0.321 e. The Morgan fingerprint density at radius 1 is 1.45 bits per heavy atom. The number of aliphatic hydroxyl groups is 1. The van der Waals surface area contributed by atoms with E-state index >= 15 is 0 Å². The summed E-state index contributed by atoms with van der Waals surface area (Å²) in [5.41, 5.74) is 1.13. The second-order valence-electron chi connectivity index (χ2n) is 6.90. The number of carbonyl (C=O) groups excluding carboxylic acids is 1. The lowest BCUT2D eigenvalue weighted by Gasteiger charge is -2.42. The Morgan fingerprint density at radius 3 is 2.77 bits per heavy atom. The SMILES string of the molecule is CC(C)(C)[C@@H]1CCN(C(=O)Nc2cccc(C#N)c2)C[C@H]1O. The highest BCUT2D eigenvalue weighted by Crippen LogP contribution is 2.34. The summed E-state index contributed by atoms with van der Waals surface area (Å²) in [6.45, 7) is 7.31. The first-order valence-corrected chi connectivity index (χ1v) is 7.55. The third-order valence-electron chi connectivity index (χ3n) is 4.22. The van der Waals surface area contributed by atoms with Gasteiger partial charge >= 0.3 is 6.03 Å². The number of aliphatic hydroxyl groups excluding tert-OH is 1. The number of amides is 2. The summed E-state index contributed by atoms with van der Waals surface area (Å²) < 4.78 is 0. The van der Waals surface area contributed by atoms with Crippen LogP contribution in [0.15, 0.2) is 24.3 Å². The van der Waals surface area contributed by atoms with Crippen molar-refractivity contribution in [1.82, 2.24) is 4.90 Å². The molecule has 1 aromatic carbocycles. The van der Waals surface area contributed by atoms with Gasteiger partial charge in [-0.2, -0.15) is 5.26 Å². The van der Waals surface area contributed by atoms with Crippen molar-refractivity contribution in [3.63, 3.8) is 0 Å². The van der Waals surface area contributed by atoms with Crippen molar-refractivity contribution >= 4 is 11.7 Å². The maximum Gasteiger partial charge on any atom is 0.321 e. The molecule has 1 aliphatic rings. The molecule has 0 bridgehead atoms. The number of likely N-dealkylation sites (tertiary alicyclic amines) is 1. The van der Waals surface area contributed by atoms with Gasteiger partial charge in [-0.25, -0.2) is 4.79 Å². The van der Waals surface area contributed by atoms with Gasteiger partial charge in [0.2, 0.25) is 0 Å². The Hall–Kier alpha value is -2.06. The Bertz CT molecular complexity index is 586. The van der Waals surface area contributed by atoms with Crippen LogP contribution in [-0.2, 0) is 0 Å². The highest BCUT2D eigenvalue weighted by Gasteiger charge is 2.36. The van der Waals surface area contributed by atoms with Gasteiger partial charge in [0.05, 0.1) is 17.7 Å². The number of hydrogen-bond acceptors (Lipinski definition) is 3. The van der Waals surface area contributed by atoms with Gasteiger partial charge in [-0.1, -0.05) is 26.8 Å². The topological polar surface area (TPSA) is 76.4 Å². The number of piperidine rings is 1. The van der Waals surface area contributed by atoms with Crippen LogP contribution >= 0.6 is 0 Å². The molecule has 0 unspecified atom stereocenters. The zero-order valence-corrected chi connectivity index (χ0v) is 13.3. The first-order chi connectivity index (χ1) is 10.3. The minimum Gasteiger partial charge on any atom is -0.391 e. The lowest BCUT2D eigenvalue weighted by atomic mass is 9.74. The van der Waals surface area contributed by atoms with E-state index in [1.807, 2.05) is 6.07 Å². The third-order valence-corrected chi connectivity index (χ3v) is 4.22. The van der Waals surface area contributed by atoms with Crippen molar-refractivity contribution in [2.45, 2.75) is 33.3 Å². The lowest BCUT2D eigenvalue weighted by Crippen LogP contribution is -2.51. The van der Waals surface area contributed by atoms with Gasteiger partial charge in [0, 0.05) is 18.8 Å². The fourth-order valence-electron chi connectivity index (χ4n) is 3.00. The van der Waals surface area contributed by atoms with E-state index in [9.17, 15) is 9.90 Å². The van der Waals surface area contributed by atoms with Crippen molar-refractivity contribution in [3.8, 4) is 6.07 Å². The molecule has 22 heavy (non-hydrogen) atoms. The van der Waals surface area contributed by atoms with Gasteiger partial charge in [0.15, 0.2) is 0 Å².